The second-order valence-electron chi connectivity index (χ2n) is 3.96. The molecule has 5 heteroatoms. The van der Waals surface area contributed by atoms with Crippen LogP contribution in [0, 0.1) is 6.92 Å². The molecule has 0 saturated carbocycles. The van der Waals surface area contributed by atoms with Crippen molar-refractivity contribution in [2.75, 3.05) is 7.11 Å². The van der Waals surface area contributed by atoms with Crippen molar-refractivity contribution in [2.45, 2.75) is 13.0 Å². The normalized spacial score (nSPS) is 12.2. The maximum Gasteiger partial charge on any atom is 0.118 e. The molecule has 0 spiro atoms. The van der Waals surface area contributed by atoms with Gasteiger partial charge in [0.25, 0.3) is 0 Å². The summed E-state index contributed by atoms with van der Waals surface area (Å²) in [7, 11) is 1.64. The molecule has 3 N–H and O–H groups in total. The van der Waals surface area contributed by atoms with E-state index in [-0.39, 0.29) is 6.04 Å². The number of hydrogen-bond acceptors (Lipinski definition) is 5. The summed E-state index contributed by atoms with van der Waals surface area (Å²) in [6.45, 7) is 1.90. The Morgan fingerprint density at radius 3 is 2.39 bits per heavy atom. The van der Waals surface area contributed by atoms with E-state index in [4.69, 9.17) is 10.6 Å². The Hall–Kier alpha value is -1.98. The van der Waals surface area contributed by atoms with Crippen LogP contribution in [0.5, 0.6) is 5.75 Å². The molecule has 2 rings (SSSR count). The van der Waals surface area contributed by atoms with Gasteiger partial charge < -0.3 is 4.74 Å². The number of rotatable bonds is 4. The highest BCUT2D eigenvalue weighted by Crippen LogP contribution is 2.21. The van der Waals surface area contributed by atoms with Gasteiger partial charge in [-0.3, -0.25) is 15.8 Å². The second kappa shape index (κ2) is 5.57. The third kappa shape index (κ3) is 2.64. The van der Waals surface area contributed by atoms with Gasteiger partial charge in [-0.1, -0.05) is 12.1 Å². The van der Waals surface area contributed by atoms with Gasteiger partial charge in [-0.15, -0.1) is 0 Å². The molecule has 1 aromatic heterocycles. The van der Waals surface area contributed by atoms with E-state index < -0.39 is 0 Å². The molecule has 0 fully saturated rings. The standard InChI is InChI=1S/C13H16N4O/c1-9-7-16-12(8-15-9)13(17-14)10-3-5-11(18-2)6-4-10/h3-8,13,17H,14H2,1-2H3. The predicted octanol–water partition coefficient (Wildman–Crippen LogP) is 1.35. The van der Waals surface area contributed by atoms with Gasteiger partial charge in [0.05, 0.1) is 30.7 Å². The Labute approximate surface area is 106 Å². The predicted molar refractivity (Wildman–Crippen MR) is 68.9 cm³/mol. The molecule has 0 aliphatic heterocycles. The minimum atomic E-state index is -0.177. The van der Waals surface area contributed by atoms with Crippen LogP contribution < -0.4 is 16.0 Å². The first-order valence-corrected chi connectivity index (χ1v) is 5.63. The number of hydrazine groups is 1. The van der Waals surface area contributed by atoms with Crippen molar-refractivity contribution in [3.8, 4) is 5.75 Å². The number of hydrogen-bond donors (Lipinski definition) is 2. The summed E-state index contributed by atoms with van der Waals surface area (Å²) in [5, 5.41) is 0. The zero-order valence-electron chi connectivity index (χ0n) is 10.4. The Bertz CT molecular complexity index is 495. The molecule has 18 heavy (non-hydrogen) atoms. The topological polar surface area (TPSA) is 73.1 Å². The van der Waals surface area contributed by atoms with E-state index in [1.165, 1.54) is 0 Å². The highest BCUT2D eigenvalue weighted by Gasteiger charge is 2.13. The molecular weight excluding hydrogens is 228 g/mol. The molecule has 2 aromatic rings. The molecule has 0 aliphatic carbocycles. The van der Waals surface area contributed by atoms with E-state index in [1.54, 1.807) is 19.5 Å². The zero-order chi connectivity index (χ0) is 13.0. The highest BCUT2D eigenvalue weighted by molar-refractivity contribution is 5.32. The maximum absolute atomic E-state index is 5.60. The smallest absolute Gasteiger partial charge is 0.118 e. The largest absolute Gasteiger partial charge is 0.497 e. The third-order valence-electron chi connectivity index (χ3n) is 2.71. The van der Waals surface area contributed by atoms with Gasteiger partial charge in [0.2, 0.25) is 0 Å². The van der Waals surface area contributed by atoms with Crippen molar-refractivity contribution >= 4 is 0 Å². The molecule has 5 nitrogen and oxygen atoms in total. The van der Waals surface area contributed by atoms with Crippen LogP contribution in [-0.4, -0.2) is 17.1 Å². The Balaban J connectivity index is 2.29. The van der Waals surface area contributed by atoms with Crippen molar-refractivity contribution < 1.29 is 4.74 Å². The minimum Gasteiger partial charge on any atom is -0.497 e. The average molecular weight is 244 g/mol. The summed E-state index contributed by atoms with van der Waals surface area (Å²) in [5.74, 6) is 6.41. The Morgan fingerprint density at radius 1 is 1.17 bits per heavy atom. The average Bonchev–Trinajstić information content (AvgIpc) is 2.42. The molecule has 1 heterocycles. The lowest BCUT2D eigenvalue weighted by Crippen LogP contribution is -2.29. The first-order valence-electron chi connectivity index (χ1n) is 5.63. The third-order valence-corrected chi connectivity index (χ3v) is 2.71. The molecule has 0 saturated heterocycles. The molecule has 1 atom stereocenters. The number of nitrogens with one attached hydrogen (secondary N) is 1. The number of aryl methyl sites for hydroxylation is 1. The lowest BCUT2D eigenvalue weighted by atomic mass is 10.0. The van der Waals surface area contributed by atoms with Crippen LogP contribution in [0.1, 0.15) is 23.0 Å². The number of ether oxygens (including phenoxy) is 1. The lowest BCUT2D eigenvalue weighted by Gasteiger charge is -2.15. The molecular formula is C13H16N4O. The van der Waals surface area contributed by atoms with E-state index >= 15 is 0 Å². The fourth-order valence-electron chi connectivity index (χ4n) is 1.70. The second-order valence-corrected chi connectivity index (χ2v) is 3.96. The number of nitrogens with zero attached hydrogens (tertiary/aromatic N) is 2. The minimum absolute atomic E-state index is 0.177. The number of methoxy groups -OCH3 is 1. The summed E-state index contributed by atoms with van der Waals surface area (Å²) in [6.07, 6.45) is 3.45. The highest BCUT2D eigenvalue weighted by atomic mass is 16.5. The van der Waals surface area contributed by atoms with Crippen LogP contribution in [0.2, 0.25) is 0 Å². The molecule has 94 valence electrons. The zero-order valence-corrected chi connectivity index (χ0v) is 10.4. The van der Waals surface area contributed by atoms with Gasteiger partial charge >= 0.3 is 0 Å². The van der Waals surface area contributed by atoms with Crippen LogP contribution >= 0.6 is 0 Å². The SMILES string of the molecule is COc1ccc(C(NN)c2cnc(C)cn2)cc1. The van der Waals surface area contributed by atoms with Crippen molar-refractivity contribution in [1.29, 1.82) is 0 Å². The lowest BCUT2D eigenvalue weighted by molar-refractivity contribution is 0.414. The van der Waals surface area contributed by atoms with Crippen molar-refractivity contribution in [3.05, 3.63) is 53.6 Å². The molecule has 0 aliphatic rings. The van der Waals surface area contributed by atoms with Gasteiger partial charge in [0.15, 0.2) is 0 Å². The summed E-state index contributed by atoms with van der Waals surface area (Å²) < 4.78 is 5.12. The monoisotopic (exact) mass is 244 g/mol. The van der Waals surface area contributed by atoms with Crippen molar-refractivity contribution in [3.63, 3.8) is 0 Å². The van der Waals surface area contributed by atoms with Crippen LogP contribution in [-0.2, 0) is 0 Å². The fraction of sp³-hybridized carbons (Fsp3) is 0.231. The summed E-state index contributed by atoms with van der Waals surface area (Å²) in [6, 6.07) is 7.50. The Morgan fingerprint density at radius 2 is 1.89 bits per heavy atom. The molecule has 1 unspecified atom stereocenters. The van der Waals surface area contributed by atoms with E-state index in [9.17, 15) is 0 Å². The summed E-state index contributed by atoms with van der Waals surface area (Å²) >= 11 is 0. The van der Waals surface area contributed by atoms with Gasteiger partial charge in [-0.2, -0.15) is 0 Å². The number of aromatic nitrogens is 2. The molecule has 0 bridgehead atoms. The van der Waals surface area contributed by atoms with Crippen LogP contribution in [0.4, 0.5) is 0 Å². The first-order chi connectivity index (χ1) is 8.74. The Kier molecular flexibility index (Phi) is 3.86. The summed E-state index contributed by atoms with van der Waals surface area (Å²) in [5.41, 5.74) is 5.42. The van der Waals surface area contributed by atoms with E-state index in [2.05, 4.69) is 15.4 Å². The van der Waals surface area contributed by atoms with E-state index in [1.807, 2.05) is 31.2 Å². The van der Waals surface area contributed by atoms with E-state index in [0.29, 0.717) is 0 Å². The molecule has 0 radical (unpaired) electrons. The number of benzene rings is 1. The van der Waals surface area contributed by atoms with Gasteiger partial charge in [-0.25, -0.2) is 5.43 Å². The number of nitrogens with two attached hydrogens (primary N) is 1. The van der Waals surface area contributed by atoms with E-state index in [0.717, 1.165) is 22.7 Å². The van der Waals surface area contributed by atoms with Crippen LogP contribution in [0.3, 0.4) is 0 Å². The fourth-order valence-corrected chi connectivity index (χ4v) is 1.70. The first kappa shape index (κ1) is 12.5. The summed E-state index contributed by atoms with van der Waals surface area (Å²) in [4.78, 5) is 8.56. The molecule has 0 amide bonds. The quantitative estimate of drug-likeness (QED) is 0.627. The van der Waals surface area contributed by atoms with Crippen molar-refractivity contribution in [2.24, 2.45) is 5.84 Å². The van der Waals surface area contributed by atoms with Crippen molar-refractivity contribution in [1.82, 2.24) is 15.4 Å². The van der Waals surface area contributed by atoms with Crippen LogP contribution in [0.15, 0.2) is 36.7 Å². The maximum atomic E-state index is 5.60. The van der Waals surface area contributed by atoms with Crippen LogP contribution in [0.25, 0.3) is 0 Å². The molecule has 1 aromatic carbocycles. The van der Waals surface area contributed by atoms with Gasteiger partial charge in [-0.05, 0) is 24.6 Å². The van der Waals surface area contributed by atoms with Gasteiger partial charge in [0, 0.05) is 6.20 Å². The van der Waals surface area contributed by atoms with Gasteiger partial charge in [0.1, 0.15) is 5.75 Å².